The van der Waals surface area contributed by atoms with Crippen LogP contribution in [-0.4, -0.2) is 42.8 Å². The quantitative estimate of drug-likeness (QED) is 0.832. The second-order valence-electron chi connectivity index (χ2n) is 4.71. The van der Waals surface area contributed by atoms with Crippen LogP contribution in [-0.2, 0) is 20.8 Å². The predicted molar refractivity (Wildman–Crippen MR) is 68.5 cm³/mol. The number of rotatable bonds is 4. The normalized spacial score (nSPS) is 23.9. The predicted octanol–water partition coefficient (Wildman–Crippen LogP) is 1.65. The van der Waals surface area contributed by atoms with Gasteiger partial charge in [0, 0.05) is 10.9 Å². The average Bonchev–Trinajstić information content (AvgIpc) is 3.13. The molecule has 0 N–H and O–H groups in total. The molecule has 1 aliphatic carbocycles. The van der Waals surface area contributed by atoms with Crippen molar-refractivity contribution in [3.63, 3.8) is 0 Å². The first-order valence-corrected chi connectivity index (χ1v) is 7.25. The van der Waals surface area contributed by atoms with Gasteiger partial charge in [-0.2, -0.15) is 0 Å². The van der Waals surface area contributed by atoms with E-state index in [1.807, 2.05) is 16.3 Å². The van der Waals surface area contributed by atoms with E-state index < -0.39 is 6.10 Å². The van der Waals surface area contributed by atoms with E-state index in [0.29, 0.717) is 32.4 Å². The molecule has 0 bridgehead atoms. The van der Waals surface area contributed by atoms with Gasteiger partial charge in [-0.15, -0.1) is 11.3 Å². The highest BCUT2D eigenvalue weighted by atomic mass is 32.1. The van der Waals surface area contributed by atoms with Crippen LogP contribution in [0.15, 0.2) is 17.5 Å². The van der Waals surface area contributed by atoms with Gasteiger partial charge in [0.25, 0.3) is 5.91 Å². The number of thiophene rings is 1. The zero-order valence-corrected chi connectivity index (χ0v) is 11.0. The topological polar surface area (TPSA) is 38.8 Å². The molecule has 2 fully saturated rings. The van der Waals surface area contributed by atoms with Crippen molar-refractivity contribution in [3.8, 4) is 0 Å². The molecule has 1 saturated carbocycles. The van der Waals surface area contributed by atoms with Gasteiger partial charge in [0.15, 0.2) is 6.10 Å². The molecule has 1 amide bonds. The molecule has 1 aromatic rings. The molecule has 4 nitrogen and oxygen atoms in total. The summed E-state index contributed by atoms with van der Waals surface area (Å²) < 4.78 is 10.8. The van der Waals surface area contributed by atoms with Crippen LogP contribution in [0.5, 0.6) is 0 Å². The SMILES string of the molecule is O=C(C1COCCO1)N(Cc1cccs1)C1CC1. The Bertz CT molecular complexity index is 396. The summed E-state index contributed by atoms with van der Waals surface area (Å²) in [7, 11) is 0. The molecule has 2 heterocycles. The molecule has 0 aromatic carbocycles. The average molecular weight is 267 g/mol. The van der Waals surface area contributed by atoms with Gasteiger partial charge in [-0.25, -0.2) is 0 Å². The molecular formula is C13H17NO3S. The Morgan fingerprint density at radius 1 is 1.44 bits per heavy atom. The number of carbonyl (C=O) groups is 1. The highest BCUT2D eigenvalue weighted by molar-refractivity contribution is 7.09. The van der Waals surface area contributed by atoms with Crippen LogP contribution in [0.2, 0.25) is 0 Å². The number of carbonyl (C=O) groups excluding carboxylic acids is 1. The molecule has 1 unspecified atom stereocenters. The third kappa shape index (κ3) is 2.74. The van der Waals surface area contributed by atoms with Crippen molar-refractivity contribution < 1.29 is 14.3 Å². The molecule has 1 saturated heterocycles. The second-order valence-corrected chi connectivity index (χ2v) is 5.74. The van der Waals surface area contributed by atoms with Crippen LogP contribution in [0.4, 0.5) is 0 Å². The van der Waals surface area contributed by atoms with Crippen molar-refractivity contribution in [2.24, 2.45) is 0 Å². The third-order valence-corrected chi connectivity index (χ3v) is 4.13. The van der Waals surface area contributed by atoms with E-state index in [9.17, 15) is 4.79 Å². The summed E-state index contributed by atoms with van der Waals surface area (Å²) in [5.74, 6) is 0.0885. The molecule has 1 aromatic heterocycles. The van der Waals surface area contributed by atoms with Gasteiger partial charge >= 0.3 is 0 Å². The van der Waals surface area contributed by atoms with Crippen LogP contribution in [0.3, 0.4) is 0 Å². The lowest BCUT2D eigenvalue weighted by atomic mass is 10.2. The molecule has 18 heavy (non-hydrogen) atoms. The van der Waals surface area contributed by atoms with Gasteiger partial charge in [0.2, 0.25) is 0 Å². The first kappa shape index (κ1) is 12.1. The van der Waals surface area contributed by atoms with Crippen molar-refractivity contribution in [1.29, 1.82) is 0 Å². The number of hydrogen-bond acceptors (Lipinski definition) is 4. The number of hydrogen-bond donors (Lipinski definition) is 0. The molecule has 0 spiro atoms. The van der Waals surface area contributed by atoms with Crippen molar-refractivity contribution in [2.75, 3.05) is 19.8 Å². The zero-order chi connectivity index (χ0) is 12.4. The summed E-state index contributed by atoms with van der Waals surface area (Å²) in [6.45, 7) is 2.22. The molecule has 2 aliphatic rings. The fraction of sp³-hybridized carbons (Fsp3) is 0.615. The molecule has 5 heteroatoms. The summed E-state index contributed by atoms with van der Waals surface area (Å²) >= 11 is 1.69. The van der Waals surface area contributed by atoms with Crippen LogP contribution < -0.4 is 0 Å². The Kier molecular flexibility index (Phi) is 3.63. The standard InChI is InChI=1S/C13H17NO3S/c15-13(12-9-16-5-6-17-12)14(10-3-4-10)8-11-2-1-7-18-11/h1-2,7,10,12H,3-6,8-9H2. The third-order valence-electron chi connectivity index (χ3n) is 3.27. The van der Waals surface area contributed by atoms with Gasteiger partial charge < -0.3 is 14.4 Å². The summed E-state index contributed by atoms with van der Waals surface area (Å²) in [5, 5.41) is 2.05. The van der Waals surface area contributed by atoms with E-state index in [4.69, 9.17) is 9.47 Å². The maximum Gasteiger partial charge on any atom is 0.254 e. The Morgan fingerprint density at radius 2 is 2.33 bits per heavy atom. The zero-order valence-electron chi connectivity index (χ0n) is 10.2. The fourth-order valence-electron chi connectivity index (χ4n) is 2.16. The second kappa shape index (κ2) is 5.38. The summed E-state index contributed by atoms with van der Waals surface area (Å²) in [6, 6.07) is 4.51. The minimum Gasteiger partial charge on any atom is -0.376 e. The summed E-state index contributed by atoms with van der Waals surface area (Å²) in [5.41, 5.74) is 0. The van der Waals surface area contributed by atoms with Gasteiger partial charge in [-0.1, -0.05) is 6.07 Å². The van der Waals surface area contributed by atoms with E-state index in [0.717, 1.165) is 12.8 Å². The van der Waals surface area contributed by atoms with Crippen LogP contribution in [0.1, 0.15) is 17.7 Å². The van der Waals surface area contributed by atoms with E-state index >= 15 is 0 Å². The van der Waals surface area contributed by atoms with Crippen LogP contribution in [0, 0.1) is 0 Å². The Balaban J connectivity index is 1.66. The minimum atomic E-state index is -0.403. The first-order chi connectivity index (χ1) is 8.84. The van der Waals surface area contributed by atoms with Crippen molar-refractivity contribution >= 4 is 17.2 Å². The molecule has 98 valence electrons. The number of ether oxygens (including phenoxy) is 2. The molecule has 3 rings (SSSR count). The Hall–Kier alpha value is -0.910. The largest absolute Gasteiger partial charge is 0.376 e. The fourth-order valence-corrected chi connectivity index (χ4v) is 2.86. The van der Waals surface area contributed by atoms with Gasteiger partial charge in [0.05, 0.1) is 26.4 Å². The Morgan fingerprint density at radius 3 is 2.94 bits per heavy atom. The number of amides is 1. The Labute approximate surface area is 110 Å². The van der Waals surface area contributed by atoms with E-state index in [1.54, 1.807) is 11.3 Å². The van der Waals surface area contributed by atoms with E-state index in [-0.39, 0.29) is 5.91 Å². The van der Waals surface area contributed by atoms with E-state index in [2.05, 4.69) is 6.07 Å². The minimum absolute atomic E-state index is 0.0885. The van der Waals surface area contributed by atoms with Crippen molar-refractivity contribution in [2.45, 2.75) is 31.5 Å². The lowest BCUT2D eigenvalue weighted by Crippen LogP contribution is -2.45. The summed E-state index contributed by atoms with van der Waals surface area (Å²) in [6.07, 6.45) is 1.83. The lowest BCUT2D eigenvalue weighted by Gasteiger charge is -2.29. The monoisotopic (exact) mass is 267 g/mol. The van der Waals surface area contributed by atoms with Crippen molar-refractivity contribution in [3.05, 3.63) is 22.4 Å². The lowest BCUT2D eigenvalue weighted by molar-refractivity contribution is -0.159. The maximum atomic E-state index is 12.4. The molecule has 1 atom stereocenters. The van der Waals surface area contributed by atoms with Gasteiger partial charge in [0.1, 0.15) is 0 Å². The van der Waals surface area contributed by atoms with Crippen LogP contribution in [0.25, 0.3) is 0 Å². The highest BCUT2D eigenvalue weighted by Crippen LogP contribution is 2.30. The van der Waals surface area contributed by atoms with Gasteiger partial charge in [-0.3, -0.25) is 4.79 Å². The summed E-state index contributed by atoms with van der Waals surface area (Å²) in [4.78, 5) is 15.6. The van der Waals surface area contributed by atoms with Crippen LogP contribution >= 0.6 is 11.3 Å². The smallest absolute Gasteiger partial charge is 0.254 e. The molecule has 0 radical (unpaired) electrons. The highest BCUT2D eigenvalue weighted by Gasteiger charge is 2.37. The van der Waals surface area contributed by atoms with Gasteiger partial charge in [-0.05, 0) is 24.3 Å². The molecular weight excluding hydrogens is 250 g/mol. The molecule has 1 aliphatic heterocycles. The number of nitrogens with zero attached hydrogens (tertiary/aromatic N) is 1. The van der Waals surface area contributed by atoms with Crippen molar-refractivity contribution in [1.82, 2.24) is 4.90 Å². The maximum absolute atomic E-state index is 12.4. The van der Waals surface area contributed by atoms with E-state index in [1.165, 1.54) is 4.88 Å². The first-order valence-electron chi connectivity index (χ1n) is 6.37.